The van der Waals surface area contributed by atoms with Gasteiger partial charge in [-0.1, -0.05) is 56.8 Å². The number of carbonyl (C=O) groups excluding carboxylic acids is 3. The molecule has 1 aromatic heterocycles. The van der Waals surface area contributed by atoms with Crippen molar-refractivity contribution in [3.8, 4) is 11.3 Å². The Balaban J connectivity index is 1.90. The van der Waals surface area contributed by atoms with Crippen LogP contribution >= 0.6 is 0 Å². The first kappa shape index (κ1) is 37.9. The van der Waals surface area contributed by atoms with E-state index in [1.54, 1.807) is 51.5 Å². The number of aromatic nitrogens is 2. The van der Waals surface area contributed by atoms with Crippen LogP contribution in [0.2, 0.25) is 0 Å². The molecule has 4 atom stereocenters. The fourth-order valence-corrected chi connectivity index (χ4v) is 5.96. The minimum absolute atomic E-state index is 0.0639. The maximum absolute atomic E-state index is 15.9. The minimum Gasteiger partial charge on any atom is -0.448 e. The molecule has 0 saturated carbocycles. The van der Waals surface area contributed by atoms with Crippen molar-refractivity contribution in [1.29, 1.82) is 0 Å². The Morgan fingerprint density at radius 3 is 2.34 bits per heavy atom. The van der Waals surface area contributed by atoms with E-state index in [9.17, 15) is 18.8 Å². The number of hydrogen-bond acceptors (Lipinski definition) is 6. The Labute approximate surface area is 291 Å². The highest BCUT2D eigenvalue weighted by atomic mass is 19.1. The largest absolute Gasteiger partial charge is 0.448 e. The molecular formula is C38H45F3N4O5. The maximum atomic E-state index is 15.9. The molecule has 2 aromatic carbocycles. The van der Waals surface area contributed by atoms with E-state index in [4.69, 9.17) is 14.5 Å². The van der Waals surface area contributed by atoms with Gasteiger partial charge in [0.05, 0.1) is 18.3 Å². The Bertz CT molecular complexity index is 1720. The van der Waals surface area contributed by atoms with E-state index in [0.29, 0.717) is 0 Å². The van der Waals surface area contributed by atoms with Crippen LogP contribution in [0.4, 0.5) is 18.0 Å². The summed E-state index contributed by atoms with van der Waals surface area (Å²) in [5.74, 6) is -3.45. The zero-order valence-electron chi connectivity index (χ0n) is 29.4. The third-order valence-corrected chi connectivity index (χ3v) is 8.47. The third-order valence-electron chi connectivity index (χ3n) is 8.47. The average Bonchev–Trinajstić information content (AvgIpc) is 3.62. The van der Waals surface area contributed by atoms with Crippen molar-refractivity contribution in [1.82, 2.24) is 19.4 Å². The highest BCUT2D eigenvalue weighted by Gasteiger charge is 2.46. The minimum atomic E-state index is -1.54. The van der Waals surface area contributed by atoms with Crippen molar-refractivity contribution in [2.75, 3.05) is 19.6 Å². The molecule has 1 aliphatic rings. The summed E-state index contributed by atoms with van der Waals surface area (Å²) in [4.78, 5) is 46.9. The molecule has 0 spiro atoms. The van der Waals surface area contributed by atoms with Crippen LogP contribution in [0.1, 0.15) is 59.0 Å². The maximum Gasteiger partial charge on any atom is 0.410 e. The molecule has 0 N–H and O–H groups in total. The highest BCUT2D eigenvalue weighted by Crippen LogP contribution is 2.42. The van der Waals surface area contributed by atoms with Crippen molar-refractivity contribution in [3.05, 3.63) is 103 Å². The number of likely N-dealkylation sites (tertiary alicyclic amines) is 1. The van der Waals surface area contributed by atoms with Gasteiger partial charge < -0.3 is 23.8 Å². The number of benzene rings is 2. The summed E-state index contributed by atoms with van der Waals surface area (Å²) in [6.07, 6.45) is 0.687. The molecule has 1 aliphatic heterocycles. The van der Waals surface area contributed by atoms with Crippen molar-refractivity contribution < 1.29 is 37.0 Å². The summed E-state index contributed by atoms with van der Waals surface area (Å²) < 4.78 is 58.0. The monoisotopic (exact) mass is 694 g/mol. The smallest absolute Gasteiger partial charge is 0.410 e. The van der Waals surface area contributed by atoms with Crippen LogP contribution in [-0.4, -0.2) is 74.8 Å². The van der Waals surface area contributed by atoms with Crippen molar-refractivity contribution in [2.45, 2.75) is 72.0 Å². The van der Waals surface area contributed by atoms with Gasteiger partial charge in [0.1, 0.15) is 29.2 Å². The molecule has 50 heavy (non-hydrogen) atoms. The molecule has 268 valence electrons. The number of ether oxygens (including phenoxy) is 2. The van der Waals surface area contributed by atoms with Crippen LogP contribution in [-0.2, 0) is 25.6 Å². The molecule has 2 heterocycles. The van der Waals surface area contributed by atoms with E-state index >= 15 is 8.78 Å². The number of nitrogens with zero attached hydrogens (tertiary/aromatic N) is 4. The number of alkyl halides is 1. The van der Waals surface area contributed by atoms with Gasteiger partial charge in [0.15, 0.2) is 6.10 Å². The molecule has 9 nitrogen and oxygen atoms in total. The number of carbonyl (C=O) groups is 3. The summed E-state index contributed by atoms with van der Waals surface area (Å²) in [6, 6.07) is 11.4. The molecule has 0 aliphatic carbocycles. The van der Waals surface area contributed by atoms with Gasteiger partial charge in [-0.2, -0.15) is 0 Å². The summed E-state index contributed by atoms with van der Waals surface area (Å²) in [7, 11) is 0. The van der Waals surface area contributed by atoms with Gasteiger partial charge in [0.25, 0.3) is 5.91 Å². The Morgan fingerprint density at radius 2 is 1.74 bits per heavy atom. The normalized spacial score (nSPS) is 17.5. The van der Waals surface area contributed by atoms with E-state index in [-0.39, 0.29) is 43.3 Å². The van der Waals surface area contributed by atoms with Crippen LogP contribution < -0.4 is 0 Å². The van der Waals surface area contributed by atoms with Gasteiger partial charge in [-0.15, -0.1) is 6.58 Å². The fourth-order valence-electron chi connectivity index (χ4n) is 5.96. The molecule has 4 rings (SSSR count). The van der Waals surface area contributed by atoms with E-state index in [1.165, 1.54) is 15.9 Å². The lowest BCUT2D eigenvalue weighted by Gasteiger charge is -2.42. The molecule has 0 bridgehead atoms. The van der Waals surface area contributed by atoms with Gasteiger partial charge in [-0.25, -0.2) is 22.9 Å². The quantitative estimate of drug-likeness (QED) is 0.146. The third kappa shape index (κ3) is 9.02. The molecule has 2 amide bonds. The second kappa shape index (κ2) is 15.3. The standard InChI is InChI=1S/C38H45F3N4O5/c1-9-32(49-24(3)46)35(47)45(21-26-20-44(22-30(26)41)36(48)50-37(4,5)6)33(38(7,8)10-2)34-42-31(28-18-27(39)16-17-29(28)40)23-43(34)19-25-14-12-11-13-15-25/h9-18,23,26,30,32-33H,1-2,19-22H2,3-8H3. The van der Waals surface area contributed by atoms with Crippen LogP contribution in [0.5, 0.6) is 0 Å². The number of amides is 2. The van der Waals surface area contributed by atoms with Gasteiger partial charge in [0.2, 0.25) is 0 Å². The van der Waals surface area contributed by atoms with Crippen LogP contribution in [0.3, 0.4) is 0 Å². The van der Waals surface area contributed by atoms with Crippen molar-refractivity contribution in [2.24, 2.45) is 11.3 Å². The zero-order chi connectivity index (χ0) is 37.0. The Morgan fingerprint density at radius 1 is 1.06 bits per heavy atom. The zero-order valence-corrected chi connectivity index (χ0v) is 29.4. The topological polar surface area (TPSA) is 94.0 Å². The lowest BCUT2D eigenvalue weighted by Crippen LogP contribution is -2.50. The van der Waals surface area contributed by atoms with E-state index in [2.05, 4.69) is 13.2 Å². The van der Waals surface area contributed by atoms with Crippen molar-refractivity contribution in [3.63, 3.8) is 0 Å². The summed E-state index contributed by atoms with van der Waals surface area (Å²) in [5.41, 5.74) is -0.946. The van der Waals surface area contributed by atoms with Gasteiger partial charge >= 0.3 is 12.1 Å². The molecule has 0 radical (unpaired) electrons. The molecule has 4 unspecified atom stereocenters. The first-order chi connectivity index (χ1) is 23.4. The fraction of sp³-hybridized carbons (Fsp3) is 0.421. The second-order valence-electron chi connectivity index (χ2n) is 14.1. The predicted octanol–water partition coefficient (Wildman–Crippen LogP) is 7.28. The average molecular weight is 695 g/mol. The van der Waals surface area contributed by atoms with Gasteiger partial charge in [0, 0.05) is 49.7 Å². The first-order valence-electron chi connectivity index (χ1n) is 16.4. The Hall–Kier alpha value is -4.87. The van der Waals surface area contributed by atoms with E-state index < -0.39 is 64.9 Å². The number of esters is 1. The Kier molecular flexibility index (Phi) is 11.6. The highest BCUT2D eigenvalue weighted by molar-refractivity contribution is 5.85. The SMILES string of the molecule is C=CC(OC(C)=O)C(=O)N(CC1CN(C(=O)OC(C)(C)C)CC1F)C(c1nc(-c2cc(F)ccc2F)cn1Cc1ccccc1)C(C)(C)C=C. The van der Waals surface area contributed by atoms with Crippen molar-refractivity contribution >= 4 is 18.0 Å². The molecular weight excluding hydrogens is 649 g/mol. The lowest BCUT2D eigenvalue weighted by molar-refractivity contribution is -0.158. The summed E-state index contributed by atoms with van der Waals surface area (Å²) in [5, 5.41) is 0. The summed E-state index contributed by atoms with van der Waals surface area (Å²) in [6.45, 7) is 17.3. The number of imidazole rings is 1. The van der Waals surface area contributed by atoms with Crippen LogP contribution in [0, 0.1) is 23.0 Å². The molecule has 3 aromatic rings. The van der Waals surface area contributed by atoms with Crippen LogP contribution in [0.15, 0.2) is 80.0 Å². The van der Waals surface area contributed by atoms with E-state index in [1.807, 2.05) is 30.3 Å². The van der Waals surface area contributed by atoms with Gasteiger partial charge in [-0.3, -0.25) is 9.59 Å². The first-order valence-corrected chi connectivity index (χ1v) is 16.4. The lowest BCUT2D eigenvalue weighted by atomic mass is 9.82. The number of halogens is 3. The summed E-state index contributed by atoms with van der Waals surface area (Å²) >= 11 is 0. The molecule has 1 saturated heterocycles. The predicted molar refractivity (Wildman–Crippen MR) is 183 cm³/mol. The number of hydrogen-bond donors (Lipinski definition) is 0. The number of rotatable bonds is 12. The molecule has 12 heteroatoms. The van der Waals surface area contributed by atoms with Gasteiger partial charge in [-0.05, 0) is 50.6 Å². The van der Waals surface area contributed by atoms with E-state index in [0.717, 1.165) is 30.7 Å². The second-order valence-corrected chi connectivity index (χ2v) is 14.1. The van der Waals surface area contributed by atoms with Crippen LogP contribution in [0.25, 0.3) is 11.3 Å². The molecule has 1 fully saturated rings.